The van der Waals surface area contributed by atoms with Crippen molar-refractivity contribution in [3.8, 4) is 5.75 Å². The first-order chi connectivity index (χ1) is 5.81. The maximum atomic E-state index is 10.3. The molecule has 1 aromatic rings. The van der Waals surface area contributed by atoms with Gasteiger partial charge in [0.1, 0.15) is 12.0 Å². The predicted octanol–water partition coefficient (Wildman–Crippen LogP) is 2.08. The molecule has 1 aromatic carbocycles. The molecular weight excluding hydrogens is 152 g/mol. The Hall–Kier alpha value is -1.31. The Bertz CT molecular complexity index is 314. The molecule has 1 saturated carbocycles. The summed E-state index contributed by atoms with van der Waals surface area (Å²) < 4.78 is 0. The highest BCUT2D eigenvalue weighted by Crippen LogP contribution is 2.43. The summed E-state index contributed by atoms with van der Waals surface area (Å²) in [5.41, 5.74) is 1.53. The van der Waals surface area contributed by atoms with Crippen molar-refractivity contribution in [2.45, 2.75) is 18.8 Å². The molecule has 62 valence electrons. The van der Waals surface area contributed by atoms with E-state index in [2.05, 4.69) is 0 Å². The number of phenolic OH excluding ortho intramolecular Hbond substituents is 1. The van der Waals surface area contributed by atoms with Gasteiger partial charge in [0.15, 0.2) is 0 Å². The van der Waals surface area contributed by atoms with Crippen LogP contribution in [0.4, 0.5) is 0 Å². The molecule has 1 aliphatic carbocycles. The van der Waals surface area contributed by atoms with E-state index in [0.717, 1.165) is 24.7 Å². The third kappa shape index (κ3) is 1.20. The first-order valence-electron chi connectivity index (χ1n) is 4.09. The van der Waals surface area contributed by atoms with E-state index in [1.165, 1.54) is 6.07 Å². The van der Waals surface area contributed by atoms with Gasteiger partial charge in [0.05, 0.1) is 0 Å². The molecule has 0 spiro atoms. The number of carbonyl (C=O) groups is 1. The molecule has 0 atom stereocenters. The van der Waals surface area contributed by atoms with Crippen LogP contribution < -0.4 is 0 Å². The molecule has 0 aliphatic heterocycles. The first kappa shape index (κ1) is 7.35. The van der Waals surface area contributed by atoms with Gasteiger partial charge >= 0.3 is 0 Å². The van der Waals surface area contributed by atoms with E-state index in [9.17, 15) is 9.90 Å². The quantitative estimate of drug-likeness (QED) is 0.676. The van der Waals surface area contributed by atoms with Gasteiger partial charge < -0.3 is 5.11 Å². The van der Waals surface area contributed by atoms with Crippen LogP contribution in [0.1, 0.15) is 34.7 Å². The molecule has 0 aromatic heterocycles. The summed E-state index contributed by atoms with van der Waals surface area (Å²) >= 11 is 0. The highest BCUT2D eigenvalue weighted by atomic mass is 16.3. The second kappa shape index (κ2) is 2.63. The molecule has 12 heavy (non-hydrogen) atoms. The second-order valence-corrected chi connectivity index (χ2v) is 3.21. The maximum Gasteiger partial charge on any atom is 0.150 e. The van der Waals surface area contributed by atoms with Gasteiger partial charge in [-0.3, -0.25) is 4.79 Å². The lowest BCUT2D eigenvalue weighted by Gasteiger charge is -2.01. The summed E-state index contributed by atoms with van der Waals surface area (Å²) in [6.45, 7) is 0. The number of aromatic hydroxyl groups is 1. The number of aldehydes is 1. The minimum atomic E-state index is 0.266. The van der Waals surface area contributed by atoms with Crippen molar-refractivity contribution in [3.05, 3.63) is 29.3 Å². The van der Waals surface area contributed by atoms with Crippen molar-refractivity contribution in [1.82, 2.24) is 0 Å². The average molecular weight is 162 g/mol. The molecule has 1 N–H and O–H groups in total. The van der Waals surface area contributed by atoms with Crippen LogP contribution in [0.25, 0.3) is 0 Å². The number of benzene rings is 1. The van der Waals surface area contributed by atoms with Crippen LogP contribution in [0.2, 0.25) is 0 Å². The Morgan fingerprint density at radius 1 is 1.42 bits per heavy atom. The van der Waals surface area contributed by atoms with Gasteiger partial charge in [0.2, 0.25) is 0 Å². The molecule has 0 amide bonds. The number of carbonyl (C=O) groups excluding carboxylic acids is 1. The van der Waals surface area contributed by atoms with Crippen molar-refractivity contribution in [1.29, 1.82) is 0 Å². The second-order valence-electron chi connectivity index (χ2n) is 3.21. The number of phenols is 1. The van der Waals surface area contributed by atoms with Crippen molar-refractivity contribution >= 4 is 6.29 Å². The fourth-order valence-electron chi connectivity index (χ4n) is 1.37. The Morgan fingerprint density at radius 2 is 2.17 bits per heavy atom. The standard InChI is InChI=1S/C10H10O2/c11-6-7-1-4-9(8-2-3-8)10(12)5-7/h1,4-6,8,12H,2-3H2. The van der Waals surface area contributed by atoms with Gasteiger partial charge in [-0.15, -0.1) is 0 Å². The smallest absolute Gasteiger partial charge is 0.150 e. The first-order valence-corrected chi connectivity index (χ1v) is 4.09. The average Bonchev–Trinajstić information content (AvgIpc) is 2.87. The molecule has 0 bridgehead atoms. The zero-order valence-electron chi connectivity index (χ0n) is 6.66. The normalized spacial score (nSPS) is 16.0. The molecule has 2 rings (SSSR count). The summed E-state index contributed by atoms with van der Waals surface area (Å²) in [5.74, 6) is 0.799. The van der Waals surface area contributed by atoms with Crippen LogP contribution in [-0.4, -0.2) is 11.4 Å². The third-order valence-corrected chi connectivity index (χ3v) is 2.21. The number of rotatable bonds is 2. The summed E-state index contributed by atoms with van der Waals surface area (Å²) in [7, 11) is 0. The van der Waals surface area contributed by atoms with E-state index >= 15 is 0 Å². The molecular formula is C10H10O2. The lowest BCUT2D eigenvalue weighted by atomic mass is 10.1. The van der Waals surface area contributed by atoms with Gasteiger partial charge in [-0.1, -0.05) is 12.1 Å². The summed E-state index contributed by atoms with van der Waals surface area (Å²) in [6, 6.07) is 5.12. The molecule has 1 aliphatic rings. The van der Waals surface area contributed by atoms with Crippen LogP contribution in [0.3, 0.4) is 0 Å². The Kier molecular flexibility index (Phi) is 1.61. The Morgan fingerprint density at radius 3 is 2.67 bits per heavy atom. The molecule has 0 saturated heterocycles. The van der Waals surface area contributed by atoms with Crippen LogP contribution in [-0.2, 0) is 0 Å². The Labute approximate surface area is 70.8 Å². The monoisotopic (exact) mass is 162 g/mol. The van der Waals surface area contributed by atoms with E-state index < -0.39 is 0 Å². The fourth-order valence-corrected chi connectivity index (χ4v) is 1.37. The molecule has 0 unspecified atom stereocenters. The van der Waals surface area contributed by atoms with Gasteiger partial charge in [0.25, 0.3) is 0 Å². The van der Waals surface area contributed by atoms with Crippen molar-refractivity contribution in [3.63, 3.8) is 0 Å². The minimum absolute atomic E-state index is 0.266. The van der Waals surface area contributed by atoms with Gasteiger partial charge in [-0.05, 0) is 30.4 Å². The fraction of sp³-hybridized carbons (Fsp3) is 0.300. The lowest BCUT2D eigenvalue weighted by Crippen LogP contribution is -1.84. The van der Waals surface area contributed by atoms with E-state index in [1.807, 2.05) is 6.07 Å². The summed E-state index contributed by atoms with van der Waals surface area (Å²) in [4.78, 5) is 10.3. The zero-order chi connectivity index (χ0) is 8.55. The van der Waals surface area contributed by atoms with Crippen molar-refractivity contribution < 1.29 is 9.90 Å². The van der Waals surface area contributed by atoms with E-state index in [0.29, 0.717) is 11.5 Å². The highest BCUT2D eigenvalue weighted by Gasteiger charge is 2.25. The van der Waals surface area contributed by atoms with Gasteiger partial charge in [-0.2, -0.15) is 0 Å². The van der Waals surface area contributed by atoms with Gasteiger partial charge in [-0.25, -0.2) is 0 Å². The van der Waals surface area contributed by atoms with Crippen LogP contribution in [0, 0.1) is 0 Å². The summed E-state index contributed by atoms with van der Waals surface area (Å²) in [5, 5.41) is 9.47. The van der Waals surface area contributed by atoms with E-state index in [-0.39, 0.29) is 5.75 Å². The molecule has 2 nitrogen and oxygen atoms in total. The lowest BCUT2D eigenvalue weighted by molar-refractivity contribution is 0.112. The topological polar surface area (TPSA) is 37.3 Å². The number of hydrogen-bond donors (Lipinski definition) is 1. The van der Waals surface area contributed by atoms with Crippen LogP contribution in [0.5, 0.6) is 5.75 Å². The zero-order valence-corrected chi connectivity index (χ0v) is 6.66. The molecule has 2 heteroatoms. The molecule has 0 radical (unpaired) electrons. The van der Waals surface area contributed by atoms with Crippen molar-refractivity contribution in [2.75, 3.05) is 0 Å². The van der Waals surface area contributed by atoms with E-state index in [4.69, 9.17) is 0 Å². The maximum absolute atomic E-state index is 10.3. The Balaban J connectivity index is 2.38. The molecule has 0 heterocycles. The molecule has 1 fully saturated rings. The van der Waals surface area contributed by atoms with Gasteiger partial charge in [0, 0.05) is 5.56 Å². The summed E-state index contributed by atoms with van der Waals surface area (Å²) in [6.07, 6.45) is 3.07. The minimum Gasteiger partial charge on any atom is -0.508 e. The highest BCUT2D eigenvalue weighted by molar-refractivity contribution is 5.75. The van der Waals surface area contributed by atoms with Crippen LogP contribution in [0.15, 0.2) is 18.2 Å². The predicted molar refractivity (Wildman–Crippen MR) is 45.5 cm³/mol. The largest absolute Gasteiger partial charge is 0.508 e. The van der Waals surface area contributed by atoms with Crippen molar-refractivity contribution in [2.24, 2.45) is 0 Å². The number of hydrogen-bond acceptors (Lipinski definition) is 2. The third-order valence-electron chi connectivity index (χ3n) is 2.21. The SMILES string of the molecule is O=Cc1ccc(C2CC2)c(O)c1. The van der Waals surface area contributed by atoms with E-state index in [1.54, 1.807) is 6.07 Å². The van der Waals surface area contributed by atoms with Crippen LogP contribution >= 0.6 is 0 Å².